The number of anilines is 1. The van der Waals surface area contributed by atoms with Crippen LogP contribution >= 0.6 is 23.4 Å². The first-order chi connectivity index (χ1) is 12.5. The van der Waals surface area contributed by atoms with Crippen molar-refractivity contribution in [2.75, 3.05) is 11.1 Å². The average Bonchev–Trinajstić information content (AvgIpc) is 3.10. The van der Waals surface area contributed by atoms with Crippen LogP contribution in [0.1, 0.15) is 10.4 Å². The first-order valence-electron chi connectivity index (χ1n) is 7.43. The van der Waals surface area contributed by atoms with Gasteiger partial charge < -0.3 is 15.5 Å². The second-order valence-electron chi connectivity index (χ2n) is 5.16. The lowest BCUT2D eigenvalue weighted by molar-refractivity contribution is -0.113. The fourth-order valence-corrected chi connectivity index (χ4v) is 2.71. The maximum Gasteiger partial charge on any atom is 0.277 e. The summed E-state index contributed by atoms with van der Waals surface area (Å²) in [4.78, 5) is 23.0. The van der Waals surface area contributed by atoms with Gasteiger partial charge in [0.2, 0.25) is 17.7 Å². The lowest BCUT2D eigenvalue weighted by Crippen LogP contribution is -2.15. The Balaban J connectivity index is 1.54. The highest BCUT2D eigenvalue weighted by Crippen LogP contribution is 2.24. The zero-order valence-electron chi connectivity index (χ0n) is 13.3. The summed E-state index contributed by atoms with van der Waals surface area (Å²) >= 11 is 6.96. The van der Waals surface area contributed by atoms with Gasteiger partial charge in [-0.1, -0.05) is 23.4 Å². The lowest BCUT2D eigenvalue weighted by Gasteiger charge is -2.04. The van der Waals surface area contributed by atoms with Gasteiger partial charge in [0.15, 0.2) is 0 Å². The number of nitrogens with zero attached hydrogens (tertiary/aromatic N) is 2. The molecule has 7 nitrogen and oxygen atoms in total. The molecule has 0 aliphatic rings. The van der Waals surface area contributed by atoms with Gasteiger partial charge in [-0.15, -0.1) is 10.2 Å². The first-order valence-corrected chi connectivity index (χ1v) is 8.79. The number of halogens is 1. The molecule has 3 rings (SSSR count). The predicted octanol–water partition coefficient (Wildman–Crippen LogP) is 3.22. The van der Waals surface area contributed by atoms with E-state index in [-0.39, 0.29) is 16.9 Å². The third kappa shape index (κ3) is 4.62. The van der Waals surface area contributed by atoms with Crippen molar-refractivity contribution in [3.05, 3.63) is 59.1 Å². The van der Waals surface area contributed by atoms with E-state index >= 15 is 0 Å². The van der Waals surface area contributed by atoms with Crippen LogP contribution in [-0.2, 0) is 4.79 Å². The van der Waals surface area contributed by atoms with E-state index in [2.05, 4.69) is 15.5 Å². The number of hydrogen-bond acceptors (Lipinski definition) is 6. The van der Waals surface area contributed by atoms with Gasteiger partial charge in [-0.25, -0.2) is 0 Å². The van der Waals surface area contributed by atoms with Crippen LogP contribution in [0.4, 0.5) is 5.69 Å². The number of nitrogens with one attached hydrogen (secondary N) is 1. The van der Waals surface area contributed by atoms with Gasteiger partial charge in [0.1, 0.15) is 0 Å². The van der Waals surface area contributed by atoms with Gasteiger partial charge in [-0.2, -0.15) is 0 Å². The Labute approximate surface area is 157 Å². The molecule has 1 aromatic heterocycles. The molecule has 0 aliphatic carbocycles. The monoisotopic (exact) mass is 388 g/mol. The van der Waals surface area contributed by atoms with Crippen molar-refractivity contribution < 1.29 is 14.0 Å². The standard InChI is InChI=1S/C17H13ClN4O3S/c18-12-5-1-11(2-6-12)16-21-22-17(25-16)26-9-14(23)20-13-7-3-10(4-8-13)15(19)24/h1-8H,9H2,(H2,19,24)(H,20,23). The maximum absolute atomic E-state index is 12.0. The van der Waals surface area contributed by atoms with Crippen LogP contribution in [0.25, 0.3) is 11.5 Å². The fourth-order valence-electron chi connectivity index (χ4n) is 2.02. The molecule has 9 heteroatoms. The molecule has 2 aromatic carbocycles. The van der Waals surface area contributed by atoms with Crippen molar-refractivity contribution in [1.82, 2.24) is 10.2 Å². The maximum atomic E-state index is 12.0. The van der Waals surface area contributed by atoms with E-state index in [1.54, 1.807) is 48.5 Å². The highest BCUT2D eigenvalue weighted by Gasteiger charge is 2.11. The number of carbonyl (C=O) groups is 2. The summed E-state index contributed by atoms with van der Waals surface area (Å²) in [7, 11) is 0. The molecule has 0 aliphatic heterocycles. The zero-order valence-corrected chi connectivity index (χ0v) is 14.9. The Hall–Kier alpha value is -2.84. The number of amides is 2. The van der Waals surface area contributed by atoms with E-state index in [1.165, 1.54) is 0 Å². The van der Waals surface area contributed by atoms with Crippen molar-refractivity contribution >= 4 is 40.9 Å². The summed E-state index contributed by atoms with van der Waals surface area (Å²) in [5.41, 5.74) is 6.85. The van der Waals surface area contributed by atoms with E-state index < -0.39 is 5.91 Å². The molecule has 0 spiro atoms. The Morgan fingerprint density at radius 3 is 2.42 bits per heavy atom. The Kier molecular flexibility index (Phi) is 5.55. The molecule has 0 radical (unpaired) electrons. The van der Waals surface area contributed by atoms with E-state index in [4.69, 9.17) is 21.8 Å². The molecule has 3 aromatic rings. The van der Waals surface area contributed by atoms with Crippen LogP contribution in [0.5, 0.6) is 0 Å². The fraction of sp³-hybridized carbons (Fsp3) is 0.0588. The molecule has 3 N–H and O–H groups in total. The van der Waals surface area contributed by atoms with Gasteiger partial charge in [-0.05, 0) is 48.5 Å². The average molecular weight is 389 g/mol. The van der Waals surface area contributed by atoms with E-state index in [9.17, 15) is 9.59 Å². The predicted molar refractivity (Wildman–Crippen MR) is 99.1 cm³/mol. The van der Waals surface area contributed by atoms with Gasteiger partial charge in [0, 0.05) is 21.8 Å². The summed E-state index contributed by atoms with van der Waals surface area (Å²) in [5, 5.41) is 11.5. The molecule has 2 amide bonds. The van der Waals surface area contributed by atoms with Crippen LogP contribution in [0.15, 0.2) is 58.2 Å². The lowest BCUT2D eigenvalue weighted by atomic mass is 10.2. The zero-order chi connectivity index (χ0) is 18.5. The molecule has 0 atom stereocenters. The molecule has 26 heavy (non-hydrogen) atoms. The summed E-state index contributed by atoms with van der Waals surface area (Å²) in [6.07, 6.45) is 0. The van der Waals surface area contributed by atoms with Crippen molar-refractivity contribution in [2.45, 2.75) is 5.22 Å². The number of nitrogens with two attached hydrogens (primary N) is 1. The molecule has 132 valence electrons. The Morgan fingerprint density at radius 1 is 1.08 bits per heavy atom. The normalized spacial score (nSPS) is 10.5. The molecule has 0 unspecified atom stereocenters. The van der Waals surface area contributed by atoms with Crippen molar-refractivity contribution in [3.63, 3.8) is 0 Å². The number of carbonyl (C=O) groups excluding carboxylic acids is 2. The number of thioether (sulfide) groups is 1. The smallest absolute Gasteiger partial charge is 0.277 e. The number of benzene rings is 2. The van der Waals surface area contributed by atoms with Gasteiger partial charge in [0.25, 0.3) is 5.22 Å². The van der Waals surface area contributed by atoms with E-state index in [0.717, 1.165) is 17.3 Å². The van der Waals surface area contributed by atoms with Crippen LogP contribution < -0.4 is 11.1 Å². The van der Waals surface area contributed by atoms with Gasteiger partial charge >= 0.3 is 0 Å². The van der Waals surface area contributed by atoms with Crippen molar-refractivity contribution in [1.29, 1.82) is 0 Å². The van der Waals surface area contributed by atoms with Crippen LogP contribution in [0, 0.1) is 0 Å². The second kappa shape index (κ2) is 8.03. The molecule has 1 heterocycles. The molecule has 0 bridgehead atoms. The third-order valence-electron chi connectivity index (χ3n) is 3.28. The van der Waals surface area contributed by atoms with E-state index in [1.807, 2.05) is 0 Å². The minimum absolute atomic E-state index is 0.0970. The van der Waals surface area contributed by atoms with Gasteiger partial charge in [0.05, 0.1) is 5.75 Å². The SMILES string of the molecule is NC(=O)c1ccc(NC(=O)CSc2nnc(-c3ccc(Cl)cc3)o2)cc1. The Morgan fingerprint density at radius 2 is 1.77 bits per heavy atom. The highest BCUT2D eigenvalue weighted by atomic mass is 35.5. The van der Waals surface area contributed by atoms with Crippen molar-refractivity contribution in [3.8, 4) is 11.5 Å². The van der Waals surface area contributed by atoms with Crippen LogP contribution in [0.2, 0.25) is 5.02 Å². The summed E-state index contributed by atoms with van der Waals surface area (Å²) in [5.74, 6) is -0.314. The Bertz CT molecular complexity index is 926. The first kappa shape index (κ1) is 18.0. The molecule has 0 saturated carbocycles. The van der Waals surface area contributed by atoms with Crippen molar-refractivity contribution in [2.24, 2.45) is 5.73 Å². The number of aromatic nitrogens is 2. The van der Waals surface area contributed by atoms with Crippen LogP contribution in [-0.4, -0.2) is 27.8 Å². The second-order valence-corrected chi connectivity index (χ2v) is 6.52. The topological polar surface area (TPSA) is 111 Å². The van der Waals surface area contributed by atoms with Crippen LogP contribution in [0.3, 0.4) is 0 Å². The quantitative estimate of drug-likeness (QED) is 0.627. The van der Waals surface area contributed by atoms with E-state index in [0.29, 0.717) is 22.2 Å². The third-order valence-corrected chi connectivity index (χ3v) is 4.35. The summed E-state index contributed by atoms with van der Waals surface area (Å²) in [6, 6.07) is 13.3. The van der Waals surface area contributed by atoms with Gasteiger partial charge in [-0.3, -0.25) is 9.59 Å². The highest BCUT2D eigenvalue weighted by molar-refractivity contribution is 7.99. The molecule has 0 fully saturated rings. The summed E-state index contributed by atoms with van der Waals surface area (Å²) in [6.45, 7) is 0. The number of hydrogen-bond donors (Lipinski definition) is 2. The number of primary amides is 1. The molecular weight excluding hydrogens is 376 g/mol. The molecule has 0 saturated heterocycles. The molecular formula is C17H13ClN4O3S. The largest absolute Gasteiger partial charge is 0.411 e. The number of rotatable bonds is 6. The summed E-state index contributed by atoms with van der Waals surface area (Å²) < 4.78 is 5.52. The minimum atomic E-state index is -0.522. The minimum Gasteiger partial charge on any atom is -0.411 e.